The van der Waals surface area contributed by atoms with Crippen LogP contribution in [0.5, 0.6) is 5.75 Å². The molecule has 30 heavy (non-hydrogen) atoms. The predicted octanol–water partition coefficient (Wildman–Crippen LogP) is 5.70. The van der Waals surface area contributed by atoms with Gasteiger partial charge in [-0.1, -0.05) is 24.3 Å². The molecule has 6 heteroatoms. The molecule has 1 aromatic heterocycles. The van der Waals surface area contributed by atoms with Gasteiger partial charge < -0.3 is 14.5 Å². The van der Waals surface area contributed by atoms with Gasteiger partial charge in [0.25, 0.3) is 5.91 Å². The number of halogens is 1. The number of carbonyl (C=O) groups excluding carboxylic acids is 1. The first-order chi connectivity index (χ1) is 14.5. The molecular formula is C24H18BrNO4. The molecule has 0 bridgehead atoms. The number of fused-ring (bicyclic) bond motifs is 1. The van der Waals surface area contributed by atoms with Crippen molar-refractivity contribution in [1.29, 1.82) is 0 Å². The van der Waals surface area contributed by atoms with Crippen molar-refractivity contribution in [3.05, 3.63) is 104 Å². The molecule has 0 radical (unpaired) electrons. The van der Waals surface area contributed by atoms with E-state index in [1.165, 1.54) is 6.07 Å². The molecule has 0 spiro atoms. The van der Waals surface area contributed by atoms with E-state index in [4.69, 9.17) is 9.15 Å². The Morgan fingerprint density at radius 2 is 1.80 bits per heavy atom. The van der Waals surface area contributed by atoms with Crippen molar-refractivity contribution >= 4 is 38.5 Å². The number of nitrogens with one attached hydrogen (secondary N) is 1. The third-order valence-electron chi connectivity index (χ3n) is 4.66. The summed E-state index contributed by atoms with van der Waals surface area (Å²) in [6.07, 6.45) is 0. The summed E-state index contributed by atoms with van der Waals surface area (Å²) in [4.78, 5) is 24.2. The summed E-state index contributed by atoms with van der Waals surface area (Å²) in [6.45, 7) is 2.24. The molecule has 0 fully saturated rings. The monoisotopic (exact) mass is 463 g/mol. The summed E-state index contributed by atoms with van der Waals surface area (Å²) in [5, 5.41) is 3.67. The topological polar surface area (TPSA) is 68.5 Å². The van der Waals surface area contributed by atoms with Gasteiger partial charge in [-0.2, -0.15) is 0 Å². The molecule has 0 saturated heterocycles. The Morgan fingerprint density at radius 1 is 1.03 bits per heavy atom. The smallest absolute Gasteiger partial charge is 0.336 e. The number of hydrogen-bond donors (Lipinski definition) is 1. The Labute approximate surface area is 181 Å². The van der Waals surface area contributed by atoms with Gasteiger partial charge in [0.1, 0.15) is 17.9 Å². The van der Waals surface area contributed by atoms with Gasteiger partial charge in [0.2, 0.25) is 0 Å². The maximum atomic E-state index is 12.6. The third-order valence-corrected chi connectivity index (χ3v) is 5.31. The first kappa shape index (κ1) is 19.9. The Balaban J connectivity index is 1.44. The van der Waals surface area contributed by atoms with Crippen LogP contribution >= 0.6 is 15.9 Å². The van der Waals surface area contributed by atoms with E-state index in [2.05, 4.69) is 21.2 Å². The first-order valence-electron chi connectivity index (χ1n) is 9.32. The molecule has 0 aliphatic rings. The van der Waals surface area contributed by atoms with Gasteiger partial charge in [-0.3, -0.25) is 4.79 Å². The Hall–Kier alpha value is -3.38. The highest BCUT2D eigenvalue weighted by Crippen LogP contribution is 2.25. The molecule has 1 heterocycles. The Bertz CT molecular complexity index is 1280. The van der Waals surface area contributed by atoms with Crippen LogP contribution < -0.4 is 15.7 Å². The van der Waals surface area contributed by atoms with Crippen molar-refractivity contribution < 1.29 is 13.9 Å². The SMILES string of the molecule is Cc1cc(=O)oc2cc(NC(=O)c3ccc(COc4ccccc4Br)cc3)ccc12. The fourth-order valence-electron chi connectivity index (χ4n) is 3.08. The number of anilines is 1. The fourth-order valence-corrected chi connectivity index (χ4v) is 3.48. The first-order valence-corrected chi connectivity index (χ1v) is 10.1. The van der Waals surface area contributed by atoms with E-state index in [1.807, 2.05) is 49.4 Å². The lowest BCUT2D eigenvalue weighted by Crippen LogP contribution is -2.12. The van der Waals surface area contributed by atoms with E-state index in [0.29, 0.717) is 23.4 Å². The molecule has 0 saturated carbocycles. The maximum Gasteiger partial charge on any atom is 0.336 e. The number of ether oxygens (including phenoxy) is 1. The predicted molar refractivity (Wildman–Crippen MR) is 120 cm³/mol. The van der Waals surface area contributed by atoms with Gasteiger partial charge in [0.15, 0.2) is 0 Å². The van der Waals surface area contributed by atoms with Crippen molar-refractivity contribution in [2.75, 3.05) is 5.32 Å². The van der Waals surface area contributed by atoms with E-state index in [0.717, 1.165) is 26.7 Å². The fraction of sp³-hybridized carbons (Fsp3) is 0.0833. The number of aryl methyl sites for hydroxylation is 1. The zero-order valence-electron chi connectivity index (χ0n) is 16.1. The summed E-state index contributed by atoms with van der Waals surface area (Å²) < 4.78 is 11.9. The highest BCUT2D eigenvalue weighted by Gasteiger charge is 2.09. The van der Waals surface area contributed by atoms with E-state index in [-0.39, 0.29) is 5.91 Å². The molecule has 5 nitrogen and oxygen atoms in total. The normalized spacial score (nSPS) is 10.7. The highest BCUT2D eigenvalue weighted by atomic mass is 79.9. The van der Waals surface area contributed by atoms with Gasteiger partial charge in [0.05, 0.1) is 4.47 Å². The van der Waals surface area contributed by atoms with Crippen LogP contribution in [0, 0.1) is 6.92 Å². The van der Waals surface area contributed by atoms with Gasteiger partial charge in [-0.25, -0.2) is 4.79 Å². The molecular weight excluding hydrogens is 446 g/mol. The second kappa shape index (κ2) is 8.55. The van der Waals surface area contributed by atoms with Crippen LogP contribution in [0.3, 0.4) is 0 Å². The van der Waals surface area contributed by atoms with Crippen LogP contribution in [-0.2, 0) is 6.61 Å². The maximum absolute atomic E-state index is 12.6. The lowest BCUT2D eigenvalue weighted by molar-refractivity contribution is 0.102. The van der Waals surface area contributed by atoms with Gasteiger partial charge >= 0.3 is 5.63 Å². The summed E-state index contributed by atoms with van der Waals surface area (Å²) >= 11 is 3.45. The molecule has 0 atom stereocenters. The Morgan fingerprint density at radius 3 is 2.57 bits per heavy atom. The molecule has 0 unspecified atom stereocenters. The van der Waals surface area contributed by atoms with Gasteiger partial charge in [-0.05, 0) is 70.4 Å². The average molecular weight is 464 g/mol. The summed E-state index contributed by atoms with van der Waals surface area (Å²) in [6, 6.07) is 21.6. The highest BCUT2D eigenvalue weighted by molar-refractivity contribution is 9.10. The van der Waals surface area contributed by atoms with Crippen LogP contribution in [-0.4, -0.2) is 5.91 Å². The van der Waals surface area contributed by atoms with Crippen LogP contribution in [0.4, 0.5) is 5.69 Å². The lowest BCUT2D eigenvalue weighted by Gasteiger charge is -2.09. The Kier molecular flexibility index (Phi) is 5.68. The zero-order chi connectivity index (χ0) is 21.1. The van der Waals surface area contributed by atoms with E-state index in [9.17, 15) is 9.59 Å². The number of benzene rings is 3. The average Bonchev–Trinajstić information content (AvgIpc) is 2.73. The second-order valence-electron chi connectivity index (χ2n) is 6.83. The number of rotatable bonds is 5. The van der Waals surface area contributed by atoms with Gasteiger partial charge in [0, 0.05) is 28.8 Å². The summed E-state index contributed by atoms with van der Waals surface area (Å²) in [7, 11) is 0. The lowest BCUT2D eigenvalue weighted by atomic mass is 10.1. The van der Waals surface area contributed by atoms with E-state index < -0.39 is 5.63 Å². The minimum Gasteiger partial charge on any atom is -0.488 e. The molecule has 1 amide bonds. The number of amides is 1. The van der Waals surface area contributed by atoms with Crippen LogP contribution in [0.25, 0.3) is 11.0 Å². The van der Waals surface area contributed by atoms with Crippen molar-refractivity contribution in [2.24, 2.45) is 0 Å². The van der Waals surface area contributed by atoms with Crippen molar-refractivity contribution in [1.82, 2.24) is 0 Å². The van der Waals surface area contributed by atoms with Crippen LogP contribution in [0.15, 0.2) is 86.5 Å². The quantitative estimate of drug-likeness (QED) is 0.385. The second-order valence-corrected chi connectivity index (χ2v) is 7.68. The minimum absolute atomic E-state index is 0.248. The standard InChI is InChI=1S/C24H18BrNO4/c1-15-12-23(27)30-22-13-18(10-11-19(15)22)26-24(28)17-8-6-16(7-9-17)14-29-21-5-3-2-4-20(21)25/h2-13H,14H2,1H3,(H,26,28). The molecule has 150 valence electrons. The largest absolute Gasteiger partial charge is 0.488 e. The van der Waals surface area contributed by atoms with Crippen LogP contribution in [0.2, 0.25) is 0 Å². The molecule has 4 rings (SSSR count). The molecule has 1 N–H and O–H groups in total. The number of hydrogen-bond acceptors (Lipinski definition) is 4. The van der Waals surface area contributed by atoms with Crippen LogP contribution in [0.1, 0.15) is 21.5 Å². The zero-order valence-corrected chi connectivity index (χ0v) is 17.7. The number of para-hydroxylation sites is 1. The molecule has 4 aromatic rings. The van der Waals surface area contributed by atoms with Crippen molar-refractivity contribution in [3.63, 3.8) is 0 Å². The van der Waals surface area contributed by atoms with Gasteiger partial charge in [-0.15, -0.1) is 0 Å². The van der Waals surface area contributed by atoms with E-state index in [1.54, 1.807) is 24.3 Å². The van der Waals surface area contributed by atoms with Crippen molar-refractivity contribution in [3.8, 4) is 5.75 Å². The summed E-state index contributed by atoms with van der Waals surface area (Å²) in [5.41, 5.74) is 2.89. The van der Waals surface area contributed by atoms with Crippen molar-refractivity contribution in [2.45, 2.75) is 13.5 Å². The molecule has 0 aliphatic carbocycles. The summed E-state index contributed by atoms with van der Waals surface area (Å²) in [5.74, 6) is 0.514. The van der Waals surface area contributed by atoms with E-state index >= 15 is 0 Å². The number of carbonyl (C=O) groups is 1. The third kappa shape index (κ3) is 4.44. The molecule has 3 aromatic carbocycles. The molecule has 0 aliphatic heterocycles. The minimum atomic E-state index is -0.413.